The van der Waals surface area contributed by atoms with Crippen LogP contribution in [-0.2, 0) is 37.4 Å². The number of imidazole rings is 1. The molecule has 14 nitrogen and oxygen atoms in total. The molecule has 0 unspecified atom stereocenters. The molecule has 0 radical (unpaired) electrons. The van der Waals surface area contributed by atoms with E-state index in [2.05, 4.69) is 24.4 Å². The number of esters is 2. The lowest BCUT2D eigenvalue weighted by atomic mass is 10.5. The maximum Gasteiger partial charge on any atom is 0.357 e. The second-order valence-electron chi connectivity index (χ2n) is 5.18. The SMILES string of the molecule is COC(=O)COP(=O)(COCCOn1cnc2c(N)ncnc21)OCC(=O)OC. The quantitative estimate of drug-likeness (QED) is 0.255. The van der Waals surface area contributed by atoms with Crippen LogP contribution in [0.1, 0.15) is 0 Å². The first-order valence-electron chi connectivity index (χ1n) is 8.05. The third-order valence-electron chi connectivity index (χ3n) is 3.25. The number of methoxy groups -OCH3 is 2. The van der Waals surface area contributed by atoms with E-state index in [1.807, 2.05) is 0 Å². The van der Waals surface area contributed by atoms with Gasteiger partial charge in [0.15, 0.2) is 24.5 Å². The largest absolute Gasteiger partial charge is 0.467 e. The van der Waals surface area contributed by atoms with E-state index in [-0.39, 0.29) is 19.0 Å². The van der Waals surface area contributed by atoms with Crippen molar-refractivity contribution in [2.24, 2.45) is 0 Å². The minimum Gasteiger partial charge on any atom is -0.467 e. The van der Waals surface area contributed by atoms with Gasteiger partial charge in [-0.1, -0.05) is 0 Å². The lowest BCUT2D eigenvalue weighted by Crippen LogP contribution is -2.19. The van der Waals surface area contributed by atoms with Crippen LogP contribution in [0.3, 0.4) is 0 Å². The maximum atomic E-state index is 12.6. The lowest BCUT2D eigenvalue weighted by Gasteiger charge is -2.17. The molecule has 0 bridgehead atoms. The summed E-state index contributed by atoms with van der Waals surface area (Å²) in [5.74, 6) is -1.34. The fourth-order valence-electron chi connectivity index (χ4n) is 1.83. The third kappa shape index (κ3) is 6.64. The number of ether oxygens (including phenoxy) is 3. The molecule has 2 heterocycles. The summed E-state index contributed by atoms with van der Waals surface area (Å²) in [6.45, 7) is -1.30. The number of rotatable bonds is 12. The van der Waals surface area contributed by atoms with E-state index in [9.17, 15) is 14.2 Å². The molecule has 29 heavy (non-hydrogen) atoms. The summed E-state index contributed by atoms with van der Waals surface area (Å²) in [5.41, 5.74) is 6.43. The van der Waals surface area contributed by atoms with Crippen LogP contribution in [0.25, 0.3) is 11.2 Å². The molecule has 2 N–H and O–H groups in total. The Morgan fingerprint density at radius 3 is 2.34 bits per heavy atom. The van der Waals surface area contributed by atoms with E-state index in [0.717, 1.165) is 14.2 Å². The Hall–Kier alpha value is -2.80. The van der Waals surface area contributed by atoms with Gasteiger partial charge in [-0.2, -0.15) is 4.73 Å². The predicted octanol–water partition coefficient (Wildman–Crippen LogP) is -0.616. The zero-order chi connectivity index (χ0) is 21.3. The Morgan fingerprint density at radius 1 is 1.07 bits per heavy atom. The fourth-order valence-corrected chi connectivity index (χ4v) is 3.01. The molecule has 2 aromatic rings. The molecule has 0 aliphatic heterocycles. The summed E-state index contributed by atoms with van der Waals surface area (Å²) >= 11 is 0. The van der Waals surface area contributed by atoms with Crippen molar-refractivity contribution in [3.63, 3.8) is 0 Å². The van der Waals surface area contributed by atoms with Gasteiger partial charge in [0.1, 0.15) is 25.6 Å². The van der Waals surface area contributed by atoms with Gasteiger partial charge in [-0.25, -0.2) is 24.5 Å². The molecule has 15 heteroatoms. The number of carbonyl (C=O) groups excluding carboxylic acids is 2. The average molecular weight is 433 g/mol. The van der Waals surface area contributed by atoms with Crippen LogP contribution in [0, 0.1) is 0 Å². The standard InChI is InChI=1S/C14H20N5O9P/c1-23-10(20)5-27-29(22,28-6-11(21)24-2)9-25-3-4-26-19-8-18-12-13(15)16-7-17-14(12)19/h7-8H,3-6,9H2,1-2H3,(H2,15,16,17). The molecule has 0 saturated heterocycles. The van der Waals surface area contributed by atoms with Gasteiger partial charge < -0.3 is 24.8 Å². The normalized spacial score (nSPS) is 11.4. The van der Waals surface area contributed by atoms with Crippen LogP contribution in [0.15, 0.2) is 12.7 Å². The monoisotopic (exact) mass is 433 g/mol. The summed E-state index contributed by atoms with van der Waals surface area (Å²) in [6.07, 6.45) is 2.09. The summed E-state index contributed by atoms with van der Waals surface area (Å²) in [6, 6.07) is 0. The van der Waals surface area contributed by atoms with E-state index < -0.39 is 39.1 Å². The molecule has 2 rings (SSSR count). The molecule has 0 saturated carbocycles. The highest BCUT2D eigenvalue weighted by Gasteiger charge is 2.28. The van der Waals surface area contributed by atoms with E-state index in [0.29, 0.717) is 11.2 Å². The number of nitrogens with two attached hydrogens (primary N) is 1. The first kappa shape index (κ1) is 22.5. The number of hydrogen-bond acceptors (Lipinski definition) is 13. The number of nitrogens with zero attached hydrogens (tertiary/aromatic N) is 4. The van der Waals surface area contributed by atoms with Crippen LogP contribution in [0.2, 0.25) is 0 Å². The molecule has 0 atom stereocenters. The van der Waals surface area contributed by atoms with Gasteiger partial charge in [0.2, 0.25) is 5.65 Å². The number of carbonyl (C=O) groups is 2. The molecule has 0 fully saturated rings. The molecule has 0 spiro atoms. The molecule has 0 aliphatic rings. The van der Waals surface area contributed by atoms with Crippen molar-refractivity contribution >= 4 is 36.5 Å². The first-order valence-corrected chi connectivity index (χ1v) is 9.77. The highest BCUT2D eigenvalue weighted by atomic mass is 31.2. The van der Waals surface area contributed by atoms with Crippen LogP contribution in [0.4, 0.5) is 5.82 Å². The van der Waals surface area contributed by atoms with E-state index in [1.165, 1.54) is 17.4 Å². The van der Waals surface area contributed by atoms with Gasteiger partial charge in [0.05, 0.1) is 20.8 Å². The van der Waals surface area contributed by atoms with Crippen molar-refractivity contribution in [1.82, 2.24) is 19.7 Å². The van der Waals surface area contributed by atoms with Crippen molar-refractivity contribution in [2.75, 3.05) is 52.7 Å². The molecule has 160 valence electrons. The van der Waals surface area contributed by atoms with Crippen molar-refractivity contribution in [1.29, 1.82) is 0 Å². The Morgan fingerprint density at radius 2 is 1.72 bits per heavy atom. The Labute approximate surface area is 164 Å². The summed E-state index contributed by atoms with van der Waals surface area (Å²) in [7, 11) is -1.66. The lowest BCUT2D eigenvalue weighted by molar-refractivity contribution is -0.144. The average Bonchev–Trinajstić information content (AvgIpc) is 3.14. The van der Waals surface area contributed by atoms with E-state index >= 15 is 0 Å². The minimum atomic E-state index is -3.94. The van der Waals surface area contributed by atoms with Gasteiger partial charge in [-0.05, 0) is 0 Å². The molecule has 0 aromatic carbocycles. The van der Waals surface area contributed by atoms with Crippen molar-refractivity contribution in [2.45, 2.75) is 0 Å². The van der Waals surface area contributed by atoms with Crippen LogP contribution in [-0.4, -0.2) is 78.6 Å². The Kier molecular flexibility index (Phi) is 8.27. The zero-order valence-corrected chi connectivity index (χ0v) is 16.6. The summed E-state index contributed by atoms with van der Waals surface area (Å²) in [5, 5.41) is 0. The van der Waals surface area contributed by atoms with Crippen LogP contribution >= 0.6 is 7.60 Å². The number of aromatic nitrogens is 4. The topological polar surface area (TPSA) is 176 Å². The van der Waals surface area contributed by atoms with E-state index in [4.69, 9.17) is 24.4 Å². The second kappa shape index (κ2) is 10.7. The number of nitrogen functional groups attached to an aromatic ring is 1. The Bertz CT molecular complexity index is 865. The zero-order valence-electron chi connectivity index (χ0n) is 15.7. The highest BCUT2D eigenvalue weighted by Crippen LogP contribution is 2.48. The number of anilines is 1. The van der Waals surface area contributed by atoms with Crippen molar-refractivity contribution in [3.05, 3.63) is 12.7 Å². The summed E-state index contributed by atoms with van der Waals surface area (Å²) < 4.78 is 37.8. The Balaban J connectivity index is 1.84. The number of hydrogen-bond donors (Lipinski definition) is 1. The van der Waals surface area contributed by atoms with Gasteiger partial charge >= 0.3 is 19.5 Å². The molecular formula is C14H20N5O9P. The molecular weight excluding hydrogens is 413 g/mol. The van der Waals surface area contributed by atoms with Crippen LogP contribution in [0.5, 0.6) is 0 Å². The minimum absolute atomic E-state index is 0.0172. The van der Waals surface area contributed by atoms with Gasteiger partial charge in [-0.3, -0.25) is 13.6 Å². The third-order valence-corrected chi connectivity index (χ3v) is 4.80. The van der Waals surface area contributed by atoms with Crippen LogP contribution < -0.4 is 10.6 Å². The predicted molar refractivity (Wildman–Crippen MR) is 95.5 cm³/mol. The fraction of sp³-hybridized carbons (Fsp3) is 0.500. The first-order chi connectivity index (χ1) is 13.9. The molecule has 0 aliphatic carbocycles. The highest BCUT2D eigenvalue weighted by molar-refractivity contribution is 7.53. The van der Waals surface area contributed by atoms with Gasteiger partial charge in [0.25, 0.3) is 0 Å². The molecule has 0 amide bonds. The second-order valence-corrected chi connectivity index (χ2v) is 7.18. The van der Waals surface area contributed by atoms with Crippen molar-refractivity contribution < 1.29 is 42.2 Å². The van der Waals surface area contributed by atoms with Gasteiger partial charge in [-0.15, -0.1) is 0 Å². The summed E-state index contributed by atoms with van der Waals surface area (Å²) in [4.78, 5) is 39.7. The molecule has 2 aromatic heterocycles. The van der Waals surface area contributed by atoms with E-state index in [1.54, 1.807) is 0 Å². The number of fused-ring (bicyclic) bond motifs is 1. The maximum absolute atomic E-state index is 12.6. The van der Waals surface area contributed by atoms with Gasteiger partial charge in [0, 0.05) is 0 Å². The van der Waals surface area contributed by atoms with Crippen molar-refractivity contribution in [3.8, 4) is 0 Å². The smallest absolute Gasteiger partial charge is 0.357 e.